The zero-order valence-electron chi connectivity index (χ0n) is 19.0. The average Bonchev–Trinajstić information content (AvgIpc) is 2.75. The summed E-state index contributed by atoms with van der Waals surface area (Å²) < 4.78 is 10.5. The molecule has 6 nitrogen and oxygen atoms in total. The summed E-state index contributed by atoms with van der Waals surface area (Å²) in [6.45, 7) is 1.94. The van der Waals surface area contributed by atoms with E-state index in [9.17, 15) is 15.0 Å². The smallest absolute Gasteiger partial charge is 0.224 e. The number of carbonyl (C=O) groups excluding carboxylic acids is 1. The van der Waals surface area contributed by atoms with Gasteiger partial charge >= 0.3 is 0 Å². The summed E-state index contributed by atoms with van der Waals surface area (Å²) in [5.74, 6) is 0.922. The summed E-state index contributed by atoms with van der Waals surface area (Å²) in [6.07, 6.45) is 10.9. The Bertz CT molecular complexity index is 593. The lowest BCUT2D eigenvalue weighted by Gasteiger charge is -2.22. The number of rotatable bonds is 17. The molecule has 1 amide bonds. The highest BCUT2D eigenvalue weighted by Gasteiger charge is 2.20. The number of carbonyl (C=O) groups is 1. The van der Waals surface area contributed by atoms with E-state index in [1.807, 2.05) is 0 Å². The molecule has 0 heterocycles. The molecule has 1 unspecified atom stereocenters. The lowest BCUT2D eigenvalue weighted by atomic mass is 10.0. The Morgan fingerprint density at radius 1 is 0.967 bits per heavy atom. The van der Waals surface area contributed by atoms with Crippen molar-refractivity contribution >= 4 is 5.91 Å². The summed E-state index contributed by atoms with van der Waals surface area (Å²) in [4.78, 5) is 12.4. The van der Waals surface area contributed by atoms with Crippen LogP contribution in [0.3, 0.4) is 0 Å². The highest BCUT2D eigenvalue weighted by molar-refractivity contribution is 5.79. The SMILES string of the molecule is CCCCCCCCCCCC(O)[C@H](CO)NC(=O)Cc1ccc(OC)c(OC)c1. The highest BCUT2D eigenvalue weighted by atomic mass is 16.5. The van der Waals surface area contributed by atoms with Gasteiger partial charge in [0.25, 0.3) is 0 Å². The first-order valence-corrected chi connectivity index (χ1v) is 11.3. The molecule has 1 rings (SSSR count). The predicted molar refractivity (Wildman–Crippen MR) is 120 cm³/mol. The van der Waals surface area contributed by atoms with Crippen LogP contribution in [0.1, 0.15) is 76.7 Å². The van der Waals surface area contributed by atoms with Crippen molar-refractivity contribution in [2.45, 2.75) is 89.7 Å². The Labute approximate surface area is 182 Å². The standard InChI is InChI=1S/C24H41NO5/c1-4-5-6-7-8-9-10-11-12-13-21(27)20(18-26)25-24(28)17-19-14-15-22(29-2)23(16-19)30-3/h14-16,20-21,26-27H,4-13,17-18H2,1-3H3,(H,25,28)/t20-,21?/m0/s1. The molecule has 0 radical (unpaired) electrons. The third kappa shape index (κ3) is 10.3. The third-order valence-electron chi connectivity index (χ3n) is 5.42. The summed E-state index contributed by atoms with van der Waals surface area (Å²) in [7, 11) is 3.11. The van der Waals surface area contributed by atoms with Crippen LogP contribution in [0.15, 0.2) is 18.2 Å². The van der Waals surface area contributed by atoms with Gasteiger partial charge in [-0.15, -0.1) is 0 Å². The monoisotopic (exact) mass is 423 g/mol. The first kappa shape index (κ1) is 26.2. The number of nitrogens with one attached hydrogen (secondary N) is 1. The number of aliphatic hydroxyl groups is 2. The lowest BCUT2D eigenvalue weighted by Crippen LogP contribution is -2.46. The maximum Gasteiger partial charge on any atom is 0.224 e. The van der Waals surface area contributed by atoms with E-state index in [-0.39, 0.29) is 18.9 Å². The van der Waals surface area contributed by atoms with Crippen LogP contribution in [-0.2, 0) is 11.2 Å². The van der Waals surface area contributed by atoms with Gasteiger partial charge in [-0.3, -0.25) is 4.79 Å². The van der Waals surface area contributed by atoms with E-state index in [1.54, 1.807) is 32.4 Å². The average molecular weight is 424 g/mol. The molecule has 2 atom stereocenters. The minimum Gasteiger partial charge on any atom is -0.493 e. The largest absolute Gasteiger partial charge is 0.493 e. The van der Waals surface area contributed by atoms with Crippen LogP contribution in [0, 0.1) is 0 Å². The number of hydrogen-bond acceptors (Lipinski definition) is 5. The van der Waals surface area contributed by atoms with Gasteiger partial charge in [0.1, 0.15) is 0 Å². The van der Waals surface area contributed by atoms with Crippen LogP contribution in [0.4, 0.5) is 0 Å². The second-order valence-electron chi connectivity index (χ2n) is 7.91. The molecule has 0 spiro atoms. The van der Waals surface area contributed by atoms with Crippen molar-refractivity contribution in [3.8, 4) is 11.5 Å². The maximum absolute atomic E-state index is 12.4. The number of methoxy groups -OCH3 is 2. The Kier molecular flexibility index (Phi) is 14.0. The second-order valence-corrected chi connectivity index (χ2v) is 7.91. The summed E-state index contributed by atoms with van der Waals surface area (Å²) in [5, 5.41) is 22.7. The van der Waals surface area contributed by atoms with E-state index >= 15 is 0 Å². The van der Waals surface area contributed by atoms with E-state index in [4.69, 9.17) is 9.47 Å². The third-order valence-corrected chi connectivity index (χ3v) is 5.42. The molecule has 0 aromatic heterocycles. The van der Waals surface area contributed by atoms with E-state index in [2.05, 4.69) is 12.2 Å². The normalized spacial score (nSPS) is 13.0. The van der Waals surface area contributed by atoms with Gasteiger partial charge in [-0.05, 0) is 24.1 Å². The van der Waals surface area contributed by atoms with Gasteiger partial charge < -0.3 is 25.0 Å². The molecular formula is C24H41NO5. The minimum atomic E-state index is -0.742. The molecular weight excluding hydrogens is 382 g/mol. The summed E-state index contributed by atoms with van der Waals surface area (Å²) >= 11 is 0. The van der Waals surface area contributed by atoms with Crippen LogP contribution < -0.4 is 14.8 Å². The highest BCUT2D eigenvalue weighted by Crippen LogP contribution is 2.27. The molecule has 30 heavy (non-hydrogen) atoms. The van der Waals surface area contributed by atoms with E-state index < -0.39 is 12.1 Å². The molecule has 0 saturated heterocycles. The fourth-order valence-corrected chi connectivity index (χ4v) is 3.56. The number of benzene rings is 1. The minimum absolute atomic E-state index is 0.140. The molecule has 3 N–H and O–H groups in total. The van der Waals surface area contributed by atoms with E-state index in [1.165, 1.54) is 44.9 Å². The van der Waals surface area contributed by atoms with Gasteiger partial charge in [0.2, 0.25) is 5.91 Å². The zero-order chi connectivity index (χ0) is 22.2. The topological polar surface area (TPSA) is 88.0 Å². The molecule has 0 bridgehead atoms. The first-order chi connectivity index (χ1) is 14.5. The number of amides is 1. The molecule has 6 heteroatoms. The fourth-order valence-electron chi connectivity index (χ4n) is 3.56. The molecule has 172 valence electrons. The number of ether oxygens (including phenoxy) is 2. The maximum atomic E-state index is 12.4. The van der Waals surface area contributed by atoms with Gasteiger partial charge in [0, 0.05) is 0 Å². The molecule has 1 aromatic rings. The van der Waals surface area contributed by atoms with Crippen LogP contribution >= 0.6 is 0 Å². The second kappa shape index (κ2) is 16.0. The van der Waals surface area contributed by atoms with Crippen molar-refractivity contribution in [3.05, 3.63) is 23.8 Å². The summed E-state index contributed by atoms with van der Waals surface area (Å²) in [5.41, 5.74) is 0.773. The zero-order valence-corrected chi connectivity index (χ0v) is 19.0. The predicted octanol–water partition coefficient (Wildman–Crippen LogP) is 4.01. The van der Waals surface area contributed by atoms with Gasteiger partial charge in [-0.2, -0.15) is 0 Å². The van der Waals surface area contributed by atoms with Crippen molar-refractivity contribution in [2.75, 3.05) is 20.8 Å². The van der Waals surface area contributed by atoms with E-state index in [0.717, 1.165) is 18.4 Å². The number of hydrogen-bond donors (Lipinski definition) is 3. The van der Waals surface area contributed by atoms with Gasteiger partial charge in [0.15, 0.2) is 11.5 Å². The molecule has 0 aliphatic heterocycles. The summed E-state index contributed by atoms with van der Waals surface area (Å²) in [6, 6.07) is 4.66. The van der Waals surface area contributed by atoms with Gasteiger partial charge in [-0.25, -0.2) is 0 Å². The molecule has 1 aromatic carbocycles. The first-order valence-electron chi connectivity index (χ1n) is 11.3. The van der Waals surface area contributed by atoms with Crippen LogP contribution in [-0.4, -0.2) is 49.1 Å². The van der Waals surface area contributed by atoms with Crippen LogP contribution in [0.5, 0.6) is 11.5 Å². The fraction of sp³-hybridized carbons (Fsp3) is 0.708. The van der Waals surface area contributed by atoms with Crippen LogP contribution in [0.2, 0.25) is 0 Å². The Morgan fingerprint density at radius 2 is 1.57 bits per heavy atom. The Hall–Kier alpha value is -1.79. The molecule has 0 fully saturated rings. The number of unbranched alkanes of at least 4 members (excludes halogenated alkanes) is 8. The van der Waals surface area contributed by atoms with Crippen molar-refractivity contribution in [1.82, 2.24) is 5.32 Å². The lowest BCUT2D eigenvalue weighted by molar-refractivity contribution is -0.122. The molecule has 0 saturated carbocycles. The number of aliphatic hydroxyl groups excluding tert-OH is 2. The van der Waals surface area contributed by atoms with Crippen molar-refractivity contribution in [3.63, 3.8) is 0 Å². The molecule has 0 aliphatic rings. The van der Waals surface area contributed by atoms with E-state index in [0.29, 0.717) is 17.9 Å². The molecule has 0 aliphatic carbocycles. The van der Waals surface area contributed by atoms with Gasteiger partial charge in [0.05, 0.1) is 39.4 Å². The van der Waals surface area contributed by atoms with Crippen molar-refractivity contribution in [1.29, 1.82) is 0 Å². The van der Waals surface area contributed by atoms with Crippen LogP contribution in [0.25, 0.3) is 0 Å². The van der Waals surface area contributed by atoms with Crippen molar-refractivity contribution in [2.24, 2.45) is 0 Å². The quantitative estimate of drug-likeness (QED) is 0.330. The Morgan fingerprint density at radius 3 is 2.13 bits per heavy atom. The van der Waals surface area contributed by atoms with Crippen molar-refractivity contribution < 1.29 is 24.5 Å². The Balaban J connectivity index is 2.32. The van der Waals surface area contributed by atoms with Gasteiger partial charge in [-0.1, -0.05) is 70.8 Å².